The first-order valence-corrected chi connectivity index (χ1v) is 10.9. The van der Waals surface area contributed by atoms with Gasteiger partial charge in [0, 0.05) is 28.2 Å². The maximum absolute atomic E-state index is 6.54. The van der Waals surface area contributed by atoms with Crippen LogP contribution < -0.4 is 11.2 Å². The van der Waals surface area contributed by atoms with Gasteiger partial charge in [-0.25, -0.2) is 9.50 Å². The van der Waals surface area contributed by atoms with Crippen LogP contribution in [-0.2, 0) is 5.54 Å². The van der Waals surface area contributed by atoms with Crippen LogP contribution in [0.4, 0.5) is 0 Å². The van der Waals surface area contributed by atoms with Gasteiger partial charge in [0.15, 0.2) is 5.65 Å². The van der Waals surface area contributed by atoms with E-state index in [0.29, 0.717) is 0 Å². The third kappa shape index (κ3) is 2.96. The van der Waals surface area contributed by atoms with Crippen LogP contribution in [0, 0.1) is 0 Å². The Morgan fingerprint density at radius 1 is 0.903 bits per heavy atom. The number of nitrogens with two attached hydrogens (primary N) is 1. The fourth-order valence-corrected chi connectivity index (χ4v) is 4.61. The predicted octanol–water partition coefficient (Wildman–Crippen LogP) is 3.81. The monoisotopic (exact) mass is 402 g/mol. The Kier molecular flexibility index (Phi) is 4.02. The van der Waals surface area contributed by atoms with Crippen molar-refractivity contribution in [2.45, 2.75) is 24.8 Å². The van der Waals surface area contributed by atoms with Crippen molar-refractivity contribution in [2.24, 2.45) is 5.73 Å². The number of fused-ring (bicyclic) bond motifs is 3. The molecule has 1 aliphatic rings. The average molecular weight is 402 g/mol. The van der Waals surface area contributed by atoms with Crippen LogP contribution in [0.2, 0.25) is 0 Å². The Balaban J connectivity index is 1.58. The van der Waals surface area contributed by atoms with Gasteiger partial charge in [-0.05, 0) is 36.5 Å². The summed E-state index contributed by atoms with van der Waals surface area (Å²) in [7, 11) is 2.10. The van der Waals surface area contributed by atoms with Crippen molar-refractivity contribution < 1.29 is 0 Å². The lowest BCUT2D eigenvalue weighted by Crippen LogP contribution is -2.43. The van der Waals surface area contributed by atoms with Gasteiger partial charge in [-0.1, -0.05) is 72.2 Å². The highest BCUT2D eigenvalue weighted by atomic mass is 15.2. The van der Waals surface area contributed by atoms with Crippen LogP contribution in [0.15, 0.2) is 79.0 Å². The van der Waals surface area contributed by atoms with Crippen LogP contribution in [0.1, 0.15) is 24.8 Å². The number of nitrogens with zero attached hydrogens (tertiary/aromatic N) is 3. The predicted molar refractivity (Wildman–Crippen MR) is 129 cm³/mol. The maximum Gasteiger partial charge on any atom is 0.163 e. The van der Waals surface area contributed by atoms with Crippen molar-refractivity contribution in [1.82, 2.24) is 14.6 Å². The Bertz CT molecular complexity index is 1420. The first-order valence-electron chi connectivity index (χ1n) is 10.9. The Morgan fingerprint density at radius 3 is 2.39 bits per heavy atom. The lowest BCUT2D eigenvalue weighted by Gasteiger charge is -2.38. The summed E-state index contributed by atoms with van der Waals surface area (Å²) in [5.74, 6) is 0. The lowest BCUT2D eigenvalue weighted by molar-refractivity contribution is 0.253. The Morgan fingerprint density at radius 2 is 1.68 bits per heavy atom. The quantitative estimate of drug-likeness (QED) is 0.467. The summed E-state index contributed by atoms with van der Waals surface area (Å²) in [5.41, 5.74) is 14.9. The van der Waals surface area contributed by atoms with Crippen LogP contribution in [0.5, 0.6) is 0 Å². The van der Waals surface area contributed by atoms with Gasteiger partial charge < -0.3 is 5.73 Å². The topological polar surface area (TPSA) is 56.2 Å². The molecule has 5 aromatic rings. The van der Waals surface area contributed by atoms with Gasteiger partial charge in [0.2, 0.25) is 0 Å². The first-order chi connectivity index (χ1) is 15.1. The minimum Gasteiger partial charge on any atom is -0.321 e. The van der Waals surface area contributed by atoms with Crippen molar-refractivity contribution >= 4 is 29.9 Å². The molecule has 0 saturated heterocycles. The van der Waals surface area contributed by atoms with Gasteiger partial charge in [-0.2, -0.15) is 5.10 Å². The standard InChI is InChI=1S/C26H23BN4/c27-20-11-12-23-21(15-20)25-29-24(18-7-9-19(10-8-18)26(28)13-4-14-26)22(16-31(25)30-23)17-5-2-1-3-6-17/h1-3,5-12,15-16H,4,13-14,27-28H2. The molecule has 2 heterocycles. The van der Waals surface area contributed by atoms with Crippen molar-refractivity contribution in [3.05, 3.63) is 84.6 Å². The van der Waals surface area contributed by atoms with Gasteiger partial charge >= 0.3 is 0 Å². The molecule has 5 heteroatoms. The van der Waals surface area contributed by atoms with E-state index in [1.807, 2.05) is 10.6 Å². The molecule has 0 aliphatic heterocycles. The minimum atomic E-state index is -0.155. The highest BCUT2D eigenvalue weighted by Gasteiger charge is 2.34. The minimum absolute atomic E-state index is 0.155. The highest BCUT2D eigenvalue weighted by molar-refractivity contribution is 6.33. The molecule has 2 N–H and O–H groups in total. The van der Waals surface area contributed by atoms with Crippen LogP contribution >= 0.6 is 0 Å². The van der Waals surface area contributed by atoms with Crippen LogP contribution in [0.25, 0.3) is 38.9 Å². The van der Waals surface area contributed by atoms with Crippen molar-refractivity contribution in [3.63, 3.8) is 0 Å². The summed E-state index contributed by atoms with van der Waals surface area (Å²) in [4.78, 5) is 5.15. The van der Waals surface area contributed by atoms with E-state index >= 15 is 0 Å². The Labute approximate surface area is 182 Å². The van der Waals surface area contributed by atoms with Crippen molar-refractivity contribution in [1.29, 1.82) is 0 Å². The van der Waals surface area contributed by atoms with Gasteiger partial charge in [-0.15, -0.1) is 0 Å². The lowest BCUT2D eigenvalue weighted by atomic mass is 9.72. The summed E-state index contributed by atoms with van der Waals surface area (Å²) in [6.45, 7) is 0. The summed E-state index contributed by atoms with van der Waals surface area (Å²) in [6, 6.07) is 25.4. The summed E-state index contributed by atoms with van der Waals surface area (Å²) < 4.78 is 1.91. The van der Waals surface area contributed by atoms with E-state index < -0.39 is 0 Å². The van der Waals surface area contributed by atoms with Gasteiger partial charge in [0.05, 0.1) is 11.2 Å². The molecule has 1 saturated carbocycles. The number of benzene rings is 3. The zero-order valence-electron chi connectivity index (χ0n) is 17.5. The molecule has 6 rings (SSSR count). The van der Waals surface area contributed by atoms with E-state index in [-0.39, 0.29) is 5.54 Å². The zero-order chi connectivity index (χ0) is 21.0. The molecule has 0 spiro atoms. The SMILES string of the molecule is Bc1ccc2nn3cc(-c4ccccc4)c(-c4ccc(C5(N)CCC5)cc4)nc3c2c1. The molecule has 4 nitrogen and oxygen atoms in total. The molecule has 0 atom stereocenters. The van der Waals surface area contributed by atoms with E-state index in [1.165, 1.54) is 17.4 Å². The highest BCUT2D eigenvalue weighted by Crippen LogP contribution is 2.40. The van der Waals surface area contributed by atoms with Crippen molar-refractivity contribution in [2.75, 3.05) is 0 Å². The molecular formula is C26H23BN4. The number of rotatable bonds is 3. The fraction of sp³-hybridized carbons (Fsp3) is 0.154. The van der Waals surface area contributed by atoms with E-state index in [9.17, 15) is 0 Å². The van der Waals surface area contributed by atoms with E-state index in [0.717, 1.165) is 51.8 Å². The second-order valence-corrected chi connectivity index (χ2v) is 8.75. The zero-order valence-corrected chi connectivity index (χ0v) is 17.5. The normalized spacial score (nSPS) is 15.3. The molecule has 0 radical (unpaired) electrons. The molecular weight excluding hydrogens is 379 g/mol. The van der Waals surface area contributed by atoms with Crippen LogP contribution in [-0.4, -0.2) is 22.4 Å². The van der Waals surface area contributed by atoms with Gasteiger partial charge in [0.1, 0.15) is 7.85 Å². The second-order valence-electron chi connectivity index (χ2n) is 8.75. The second kappa shape index (κ2) is 6.79. The van der Waals surface area contributed by atoms with Crippen molar-refractivity contribution in [3.8, 4) is 22.4 Å². The molecule has 2 aromatic heterocycles. The molecule has 0 bridgehead atoms. The summed E-state index contributed by atoms with van der Waals surface area (Å²) in [5, 5.41) is 5.86. The summed E-state index contributed by atoms with van der Waals surface area (Å²) >= 11 is 0. The molecule has 0 unspecified atom stereocenters. The number of aromatic nitrogens is 3. The molecule has 1 fully saturated rings. The van der Waals surface area contributed by atoms with Crippen LogP contribution in [0.3, 0.4) is 0 Å². The molecule has 31 heavy (non-hydrogen) atoms. The molecule has 1 aliphatic carbocycles. The average Bonchev–Trinajstić information content (AvgIpc) is 3.14. The largest absolute Gasteiger partial charge is 0.321 e. The third-order valence-corrected chi connectivity index (χ3v) is 6.61. The number of hydrogen-bond donors (Lipinski definition) is 1. The summed E-state index contributed by atoms with van der Waals surface area (Å²) in [6.07, 6.45) is 5.44. The fourth-order valence-electron chi connectivity index (χ4n) is 4.61. The smallest absolute Gasteiger partial charge is 0.163 e. The maximum atomic E-state index is 6.54. The Hall–Kier alpha value is -3.44. The van der Waals surface area contributed by atoms with E-state index in [4.69, 9.17) is 15.8 Å². The van der Waals surface area contributed by atoms with Gasteiger partial charge in [-0.3, -0.25) is 0 Å². The van der Waals surface area contributed by atoms with E-state index in [1.54, 1.807) is 0 Å². The number of hydrogen-bond acceptors (Lipinski definition) is 3. The van der Waals surface area contributed by atoms with E-state index in [2.05, 4.69) is 80.8 Å². The third-order valence-electron chi connectivity index (χ3n) is 6.61. The molecule has 3 aromatic carbocycles. The molecule has 0 amide bonds. The molecule has 150 valence electrons. The first kappa shape index (κ1) is 18.3. The van der Waals surface area contributed by atoms with Gasteiger partial charge in [0.25, 0.3) is 0 Å².